The van der Waals surface area contributed by atoms with Crippen molar-refractivity contribution in [1.29, 1.82) is 5.26 Å². The predicted molar refractivity (Wildman–Crippen MR) is 65.5 cm³/mol. The molecule has 0 aromatic heterocycles. The van der Waals surface area contributed by atoms with Crippen LogP contribution in [0.4, 0.5) is 14.5 Å². The molecule has 1 aromatic rings. The van der Waals surface area contributed by atoms with Gasteiger partial charge in [0.1, 0.15) is 6.07 Å². The number of nitriles is 1. The fourth-order valence-corrected chi connectivity index (χ4v) is 3.30. The average molecular weight is 264 g/mol. The second-order valence-electron chi connectivity index (χ2n) is 5.35. The summed E-state index contributed by atoms with van der Waals surface area (Å²) in [7, 11) is 0. The molecule has 0 radical (unpaired) electrons. The minimum Gasteiger partial charge on any atom is -0.393 e. The van der Waals surface area contributed by atoms with Crippen LogP contribution in [0.1, 0.15) is 18.4 Å². The fourth-order valence-electron chi connectivity index (χ4n) is 3.30. The van der Waals surface area contributed by atoms with Gasteiger partial charge in [0, 0.05) is 19.0 Å². The van der Waals surface area contributed by atoms with Gasteiger partial charge >= 0.3 is 0 Å². The van der Waals surface area contributed by atoms with E-state index < -0.39 is 11.6 Å². The first-order chi connectivity index (χ1) is 9.11. The standard InChI is InChI=1S/C14H14F2N2O/c15-13-8(5-17)1-3-11(14(13)16)18-6-9-2-4-12(19)10(9)7-18/h1,3,9-10,12,19H,2,4,6-7H2. The number of hydrogen-bond acceptors (Lipinski definition) is 3. The maximum atomic E-state index is 13.9. The van der Waals surface area contributed by atoms with Gasteiger partial charge < -0.3 is 10.0 Å². The lowest BCUT2D eigenvalue weighted by molar-refractivity contribution is 0.133. The summed E-state index contributed by atoms with van der Waals surface area (Å²) in [5, 5.41) is 18.5. The van der Waals surface area contributed by atoms with Crippen molar-refractivity contribution in [2.75, 3.05) is 18.0 Å². The van der Waals surface area contributed by atoms with Gasteiger partial charge in [-0.3, -0.25) is 0 Å². The molecule has 0 amide bonds. The van der Waals surface area contributed by atoms with Crippen molar-refractivity contribution in [3.8, 4) is 6.07 Å². The Morgan fingerprint density at radius 2 is 2.00 bits per heavy atom. The molecule has 1 aliphatic heterocycles. The van der Waals surface area contributed by atoms with E-state index >= 15 is 0 Å². The summed E-state index contributed by atoms with van der Waals surface area (Å²) in [4.78, 5) is 1.78. The summed E-state index contributed by atoms with van der Waals surface area (Å²) in [6, 6.07) is 4.38. The van der Waals surface area contributed by atoms with Gasteiger partial charge in [0.05, 0.1) is 17.4 Å². The molecule has 2 fully saturated rings. The van der Waals surface area contributed by atoms with Crippen molar-refractivity contribution in [2.24, 2.45) is 11.8 Å². The number of aliphatic hydroxyl groups excluding tert-OH is 1. The number of rotatable bonds is 1. The van der Waals surface area contributed by atoms with E-state index in [0.29, 0.717) is 19.0 Å². The highest BCUT2D eigenvalue weighted by Gasteiger charge is 2.42. The molecule has 5 heteroatoms. The second kappa shape index (κ2) is 4.46. The van der Waals surface area contributed by atoms with Crippen LogP contribution in [0.2, 0.25) is 0 Å². The molecule has 1 N–H and O–H groups in total. The topological polar surface area (TPSA) is 47.3 Å². The predicted octanol–water partition coefficient (Wildman–Crippen LogP) is 2.04. The smallest absolute Gasteiger partial charge is 0.183 e. The molecule has 1 saturated carbocycles. The molecule has 1 saturated heterocycles. The van der Waals surface area contributed by atoms with Crippen LogP contribution in [0.25, 0.3) is 0 Å². The van der Waals surface area contributed by atoms with Crippen LogP contribution in [0.5, 0.6) is 0 Å². The van der Waals surface area contributed by atoms with Crippen LogP contribution in [0.3, 0.4) is 0 Å². The number of nitrogens with zero attached hydrogens (tertiary/aromatic N) is 2. The van der Waals surface area contributed by atoms with Gasteiger partial charge in [-0.1, -0.05) is 0 Å². The summed E-state index contributed by atoms with van der Waals surface area (Å²) in [6.07, 6.45) is 1.40. The Morgan fingerprint density at radius 3 is 2.68 bits per heavy atom. The zero-order chi connectivity index (χ0) is 13.6. The molecule has 0 spiro atoms. The zero-order valence-corrected chi connectivity index (χ0v) is 10.3. The molecule has 19 heavy (non-hydrogen) atoms. The van der Waals surface area contributed by atoms with Gasteiger partial charge in [-0.2, -0.15) is 5.26 Å². The van der Waals surface area contributed by atoms with Gasteiger partial charge in [0.25, 0.3) is 0 Å². The van der Waals surface area contributed by atoms with Crippen molar-refractivity contribution in [1.82, 2.24) is 0 Å². The number of anilines is 1. The molecular formula is C14H14F2N2O. The third kappa shape index (κ3) is 1.87. The van der Waals surface area contributed by atoms with Crippen LogP contribution in [-0.4, -0.2) is 24.3 Å². The van der Waals surface area contributed by atoms with Gasteiger partial charge in [-0.15, -0.1) is 0 Å². The van der Waals surface area contributed by atoms with Gasteiger partial charge in [-0.05, 0) is 30.9 Å². The highest BCUT2D eigenvalue weighted by Crippen LogP contribution is 2.40. The highest BCUT2D eigenvalue weighted by molar-refractivity contribution is 5.53. The molecule has 1 heterocycles. The Hall–Kier alpha value is -1.67. The third-order valence-corrected chi connectivity index (χ3v) is 4.34. The van der Waals surface area contributed by atoms with E-state index in [1.807, 2.05) is 0 Å². The quantitative estimate of drug-likeness (QED) is 0.844. The molecular weight excluding hydrogens is 250 g/mol. The Labute approximate surface area is 110 Å². The first-order valence-electron chi connectivity index (χ1n) is 6.43. The van der Waals surface area contributed by atoms with Crippen LogP contribution >= 0.6 is 0 Å². The minimum absolute atomic E-state index is 0.151. The monoisotopic (exact) mass is 264 g/mol. The number of halogens is 2. The number of hydrogen-bond donors (Lipinski definition) is 1. The van der Waals surface area contributed by atoms with Gasteiger partial charge in [0.15, 0.2) is 11.6 Å². The number of benzene rings is 1. The molecule has 3 atom stereocenters. The largest absolute Gasteiger partial charge is 0.393 e. The highest BCUT2D eigenvalue weighted by atomic mass is 19.2. The van der Waals surface area contributed by atoms with Crippen molar-refractivity contribution in [3.63, 3.8) is 0 Å². The van der Waals surface area contributed by atoms with Crippen LogP contribution in [0, 0.1) is 34.8 Å². The molecule has 3 unspecified atom stereocenters. The molecule has 100 valence electrons. The van der Waals surface area contributed by atoms with Crippen LogP contribution in [0.15, 0.2) is 12.1 Å². The molecule has 1 aromatic carbocycles. The van der Waals surface area contributed by atoms with Crippen molar-refractivity contribution < 1.29 is 13.9 Å². The molecule has 3 nitrogen and oxygen atoms in total. The molecule has 1 aliphatic carbocycles. The minimum atomic E-state index is -1.09. The van der Waals surface area contributed by atoms with Crippen LogP contribution < -0.4 is 4.90 Å². The summed E-state index contributed by atoms with van der Waals surface area (Å²) >= 11 is 0. The Balaban J connectivity index is 1.89. The van der Waals surface area contributed by atoms with Gasteiger partial charge in [-0.25, -0.2) is 8.78 Å². The Morgan fingerprint density at radius 1 is 1.21 bits per heavy atom. The fraction of sp³-hybridized carbons (Fsp3) is 0.500. The van der Waals surface area contributed by atoms with E-state index in [-0.39, 0.29) is 23.3 Å². The maximum absolute atomic E-state index is 13.9. The van der Waals surface area contributed by atoms with Crippen molar-refractivity contribution in [2.45, 2.75) is 18.9 Å². The van der Waals surface area contributed by atoms with E-state index in [9.17, 15) is 13.9 Å². The van der Waals surface area contributed by atoms with Gasteiger partial charge in [0.2, 0.25) is 0 Å². The molecule has 3 rings (SSSR count). The Bertz CT molecular complexity index is 555. The number of aliphatic hydroxyl groups is 1. The van der Waals surface area contributed by atoms with E-state index in [1.54, 1.807) is 11.0 Å². The lowest BCUT2D eigenvalue weighted by Gasteiger charge is -2.21. The molecule has 2 aliphatic rings. The van der Waals surface area contributed by atoms with E-state index in [1.165, 1.54) is 12.1 Å². The lowest BCUT2D eigenvalue weighted by atomic mass is 10.00. The van der Waals surface area contributed by atoms with Crippen molar-refractivity contribution in [3.05, 3.63) is 29.3 Å². The van der Waals surface area contributed by atoms with E-state index in [4.69, 9.17) is 5.26 Å². The van der Waals surface area contributed by atoms with E-state index in [2.05, 4.69) is 0 Å². The summed E-state index contributed by atoms with van der Waals surface area (Å²) < 4.78 is 27.6. The van der Waals surface area contributed by atoms with Crippen molar-refractivity contribution >= 4 is 5.69 Å². The average Bonchev–Trinajstić information content (AvgIpc) is 2.95. The first-order valence-corrected chi connectivity index (χ1v) is 6.43. The summed E-state index contributed by atoms with van der Waals surface area (Å²) in [5.41, 5.74) is -0.0845. The third-order valence-electron chi connectivity index (χ3n) is 4.34. The Kier molecular flexibility index (Phi) is 2.90. The second-order valence-corrected chi connectivity index (χ2v) is 5.35. The van der Waals surface area contributed by atoms with Crippen LogP contribution in [-0.2, 0) is 0 Å². The first kappa shape index (κ1) is 12.4. The SMILES string of the molecule is N#Cc1ccc(N2CC3CCC(O)C3C2)c(F)c1F. The maximum Gasteiger partial charge on any atom is 0.183 e. The lowest BCUT2D eigenvalue weighted by Crippen LogP contribution is -2.25. The van der Waals surface area contributed by atoms with E-state index in [0.717, 1.165) is 12.8 Å². The normalized spacial score (nSPS) is 29.4. The zero-order valence-electron chi connectivity index (χ0n) is 10.3. The summed E-state index contributed by atoms with van der Waals surface area (Å²) in [6.45, 7) is 1.19. The summed E-state index contributed by atoms with van der Waals surface area (Å²) in [5.74, 6) is -1.54. The molecule has 0 bridgehead atoms. The number of fused-ring (bicyclic) bond motifs is 1.